The standard InChI is InChI=1S/C19H17N3O4S/c1-21-17-4-6-20-9-14(17)15-10-22(11-16(15)19(21)23)27(24,25)13-2-3-18-12(8-13)5-7-26-18/h2-9,15-16H,10-11H2,1H3/t15-,16-/m1/s1. The molecule has 0 bridgehead atoms. The Morgan fingerprint density at radius 3 is 2.81 bits per heavy atom. The summed E-state index contributed by atoms with van der Waals surface area (Å²) >= 11 is 0. The lowest BCUT2D eigenvalue weighted by molar-refractivity contribution is -0.122. The molecule has 4 heterocycles. The number of pyridine rings is 1. The Morgan fingerprint density at radius 1 is 1.15 bits per heavy atom. The van der Waals surface area contributed by atoms with Crippen LogP contribution in [-0.4, -0.2) is 43.8 Å². The van der Waals surface area contributed by atoms with Crippen molar-refractivity contribution in [1.82, 2.24) is 9.29 Å². The molecule has 8 heteroatoms. The summed E-state index contributed by atoms with van der Waals surface area (Å²) in [6, 6.07) is 8.35. The largest absolute Gasteiger partial charge is 0.464 e. The van der Waals surface area contributed by atoms with Crippen LogP contribution in [0.15, 0.2) is 58.3 Å². The van der Waals surface area contributed by atoms with Crippen LogP contribution in [0.1, 0.15) is 11.5 Å². The van der Waals surface area contributed by atoms with E-state index in [9.17, 15) is 13.2 Å². The first-order chi connectivity index (χ1) is 13.0. The van der Waals surface area contributed by atoms with Gasteiger partial charge in [-0.3, -0.25) is 9.78 Å². The van der Waals surface area contributed by atoms with Crippen molar-refractivity contribution in [1.29, 1.82) is 0 Å². The number of carbonyl (C=O) groups excluding carboxylic acids is 1. The van der Waals surface area contributed by atoms with Crippen LogP contribution in [0.4, 0.5) is 5.69 Å². The Kier molecular flexibility index (Phi) is 3.44. The third-order valence-corrected chi connectivity index (χ3v) is 7.41. The Balaban J connectivity index is 1.54. The zero-order chi connectivity index (χ0) is 18.8. The third kappa shape index (κ3) is 2.33. The van der Waals surface area contributed by atoms with Gasteiger partial charge in [0.05, 0.1) is 17.1 Å². The quantitative estimate of drug-likeness (QED) is 0.677. The highest BCUT2D eigenvalue weighted by Gasteiger charge is 2.48. The number of carbonyl (C=O) groups is 1. The fourth-order valence-electron chi connectivity index (χ4n) is 4.14. The molecule has 0 aliphatic carbocycles. The second-order valence-corrected chi connectivity index (χ2v) is 8.92. The van der Waals surface area contributed by atoms with Gasteiger partial charge >= 0.3 is 0 Å². The summed E-state index contributed by atoms with van der Waals surface area (Å²) in [5, 5.41) is 0.734. The predicted octanol–water partition coefficient (Wildman–Crippen LogP) is 2.21. The van der Waals surface area contributed by atoms with Crippen LogP contribution >= 0.6 is 0 Å². The minimum atomic E-state index is -3.71. The smallest absolute Gasteiger partial charge is 0.243 e. The number of fused-ring (bicyclic) bond motifs is 4. The average molecular weight is 383 g/mol. The molecule has 3 aromatic rings. The molecule has 0 N–H and O–H groups in total. The lowest BCUT2D eigenvalue weighted by atomic mass is 9.84. The van der Waals surface area contributed by atoms with Gasteiger partial charge < -0.3 is 9.32 Å². The number of rotatable bonds is 2. The van der Waals surface area contributed by atoms with E-state index in [0.29, 0.717) is 5.58 Å². The zero-order valence-corrected chi connectivity index (χ0v) is 15.4. The topological polar surface area (TPSA) is 83.7 Å². The van der Waals surface area contributed by atoms with Crippen LogP contribution in [0.2, 0.25) is 0 Å². The predicted molar refractivity (Wildman–Crippen MR) is 98.9 cm³/mol. The molecule has 0 saturated carbocycles. The molecule has 27 heavy (non-hydrogen) atoms. The highest BCUT2D eigenvalue weighted by atomic mass is 32.2. The van der Waals surface area contributed by atoms with Gasteiger partial charge in [0.2, 0.25) is 15.9 Å². The Morgan fingerprint density at radius 2 is 1.96 bits per heavy atom. The molecule has 0 unspecified atom stereocenters. The van der Waals surface area contributed by atoms with Gasteiger partial charge in [0.15, 0.2) is 0 Å². The van der Waals surface area contributed by atoms with E-state index < -0.39 is 10.0 Å². The van der Waals surface area contributed by atoms with Gasteiger partial charge in [-0.15, -0.1) is 0 Å². The molecule has 138 valence electrons. The fraction of sp³-hybridized carbons (Fsp3) is 0.263. The van der Waals surface area contributed by atoms with Crippen molar-refractivity contribution >= 4 is 32.6 Å². The number of nitrogens with zero attached hydrogens (tertiary/aromatic N) is 3. The van der Waals surface area contributed by atoms with Crippen LogP contribution in [-0.2, 0) is 14.8 Å². The van der Waals surface area contributed by atoms with Crippen LogP contribution in [0.3, 0.4) is 0 Å². The molecular weight excluding hydrogens is 366 g/mol. The molecule has 0 radical (unpaired) electrons. The van der Waals surface area contributed by atoms with Gasteiger partial charge in [0.1, 0.15) is 5.58 Å². The molecule has 7 nitrogen and oxygen atoms in total. The Labute approximate surface area is 156 Å². The lowest BCUT2D eigenvalue weighted by Gasteiger charge is -2.32. The molecule has 2 aliphatic rings. The van der Waals surface area contributed by atoms with E-state index in [1.807, 2.05) is 0 Å². The summed E-state index contributed by atoms with van der Waals surface area (Å²) < 4.78 is 33.1. The molecule has 5 rings (SSSR count). The monoisotopic (exact) mass is 383 g/mol. The summed E-state index contributed by atoms with van der Waals surface area (Å²) in [7, 11) is -1.99. The summed E-state index contributed by atoms with van der Waals surface area (Å²) in [5.74, 6) is -0.620. The van der Waals surface area contributed by atoms with Crippen molar-refractivity contribution in [2.75, 3.05) is 25.0 Å². The number of anilines is 1. The Hall–Kier alpha value is -2.71. The summed E-state index contributed by atoms with van der Waals surface area (Å²) in [4.78, 5) is 18.8. The molecule has 1 amide bonds. The number of furan rings is 1. The van der Waals surface area contributed by atoms with Gasteiger partial charge in [0, 0.05) is 49.5 Å². The molecule has 0 spiro atoms. The van der Waals surface area contributed by atoms with Crippen LogP contribution in [0.5, 0.6) is 0 Å². The minimum absolute atomic E-state index is 0.0540. The average Bonchev–Trinajstić information content (AvgIpc) is 3.33. The van der Waals surface area contributed by atoms with Gasteiger partial charge in [-0.25, -0.2) is 8.42 Å². The molecule has 1 fully saturated rings. The molecule has 2 aliphatic heterocycles. The van der Waals surface area contributed by atoms with Crippen LogP contribution in [0.25, 0.3) is 11.0 Å². The lowest BCUT2D eigenvalue weighted by Crippen LogP contribution is -2.41. The highest BCUT2D eigenvalue weighted by molar-refractivity contribution is 7.89. The molecule has 1 saturated heterocycles. The second kappa shape index (κ2) is 5.64. The molecular formula is C19H17N3O4S. The maximum Gasteiger partial charge on any atom is 0.243 e. The first-order valence-electron chi connectivity index (χ1n) is 8.66. The van der Waals surface area contributed by atoms with E-state index in [4.69, 9.17) is 4.42 Å². The molecule has 1 aromatic carbocycles. The van der Waals surface area contributed by atoms with E-state index in [-0.39, 0.29) is 35.7 Å². The van der Waals surface area contributed by atoms with Crippen molar-refractivity contribution in [2.24, 2.45) is 5.92 Å². The number of hydrogen-bond donors (Lipinski definition) is 0. The highest BCUT2D eigenvalue weighted by Crippen LogP contribution is 2.44. The minimum Gasteiger partial charge on any atom is -0.464 e. The third-order valence-electron chi connectivity index (χ3n) is 5.58. The van der Waals surface area contributed by atoms with E-state index in [1.54, 1.807) is 54.7 Å². The first kappa shape index (κ1) is 16.5. The van der Waals surface area contributed by atoms with E-state index in [2.05, 4.69) is 4.98 Å². The van der Waals surface area contributed by atoms with Gasteiger partial charge in [-0.05, 0) is 35.9 Å². The van der Waals surface area contributed by atoms with Crippen LogP contribution in [0, 0.1) is 5.92 Å². The summed E-state index contributed by atoms with van der Waals surface area (Å²) in [5.41, 5.74) is 2.36. The number of amides is 1. The van der Waals surface area contributed by atoms with E-state index >= 15 is 0 Å². The zero-order valence-electron chi connectivity index (χ0n) is 14.6. The number of sulfonamides is 1. The summed E-state index contributed by atoms with van der Waals surface area (Å²) in [6.07, 6.45) is 4.92. The normalized spacial score (nSPS) is 22.9. The summed E-state index contributed by atoms with van der Waals surface area (Å²) in [6.45, 7) is 0.447. The number of hydrogen-bond acceptors (Lipinski definition) is 5. The van der Waals surface area contributed by atoms with E-state index in [1.165, 1.54) is 10.6 Å². The van der Waals surface area contributed by atoms with Crippen molar-refractivity contribution in [3.8, 4) is 0 Å². The first-order valence-corrected chi connectivity index (χ1v) is 10.1. The maximum atomic E-state index is 13.2. The van der Waals surface area contributed by atoms with Crippen molar-refractivity contribution in [2.45, 2.75) is 10.8 Å². The maximum absolute atomic E-state index is 13.2. The molecule has 2 atom stereocenters. The number of aromatic nitrogens is 1. The van der Waals surface area contributed by atoms with Crippen molar-refractivity contribution in [3.63, 3.8) is 0 Å². The SMILES string of the molecule is CN1C(=O)[C@@H]2CN(S(=O)(=O)c3ccc4occc4c3)C[C@@H]2c2cnccc21. The number of benzene rings is 1. The van der Waals surface area contributed by atoms with Gasteiger partial charge in [-0.1, -0.05) is 0 Å². The van der Waals surface area contributed by atoms with Gasteiger partial charge in [0.25, 0.3) is 0 Å². The van der Waals surface area contributed by atoms with E-state index in [0.717, 1.165) is 16.6 Å². The van der Waals surface area contributed by atoms with Crippen LogP contribution < -0.4 is 4.90 Å². The van der Waals surface area contributed by atoms with Crippen molar-refractivity contribution in [3.05, 3.63) is 54.6 Å². The van der Waals surface area contributed by atoms with Crippen molar-refractivity contribution < 1.29 is 17.6 Å². The second-order valence-electron chi connectivity index (χ2n) is 6.99. The Bertz CT molecular complexity index is 1170. The van der Waals surface area contributed by atoms with Gasteiger partial charge in [-0.2, -0.15) is 4.31 Å². The fourth-order valence-corrected chi connectivity index (χ4v) is 5.67. The molecule has 2 aromatic heterocycles.